The zero-order valence-electron chi connectivity index (χ0n) is 5.85. The van der Waals surface area contributed by atoms with Crippen molar-refractivity contribution in [3.8, 4) is 0 Å². The maximum Gasteiger partial charge on any atom is 0.138 e. The van der Waals surface area contributed by atoms with E-state index in [1.165, 1.54) is 11.5 Å². The monoisotopic (exact) mass is 205 g/mol. The minimum Gasteiger partial charge on any atom is -0.302 e. The average Bonchev–Trinajstić information content (AvgIpc) is 2.50. The van der Waals surface area contributed by atoms with E-state index in [1.54, 1.807) is 11.8 Å². The first-order valence-corrected chi connectivity index (χ1v) is 5.43. The summed E-state index contributed by atoms with van der Waals surface area (Å²) in [5, 5.41) is 0.638. The van der Waals surface area contributed by atoms with Gasteiger partial charge in [-0.3, -0.25) is 0 Å². The first-order chi connectivity index (χ1) is 5.27. The summed E-state index contributed by atoms with van der Waals surface area (Å²) in [6.07, 6.45) is 2.76. The Bertz CT molecular complexity index is 248. The van der Waals surface area contributed by atoms with Gasteiger partial charge in [-0.1, -0.05) is 0 Å². The normalized spacial score (nSPS) is 12.9. The number of aromatic nitrogens is 1. The lowest BCUT2D eigenvalue weighted by Gasteiger charge is -1.92. The second kappa shape index (κ2) is 4.13. The molecule has 0 aliphatic heterocycles. The van der Waals surface area contributed by atoms with Crippen LogP contribution in [-0.4, -0.2) is 16.9 Å². The molecule has 1 atom stereocenters. The van der Waals surface area contributed by atoms with Crippen LogP contribution in [0.2, 0.25) is 0 Å². The zero-order valence-corrected chi connectivity index (χ0v) is 8.38. The second-order valence-corrected chi connectivity index (χ2v) is 4.07. The molecular weight excluding hydrogens is 198 g/mol. The van der Waals surface area contributed by atoms with Crippen molar-refractivity contribution < 1.29 is 4.79 Å². The van der Waals surface area contributed by atoms with Crippen LogP contribution in [0, 0.1) is 0 Å². The van der Waals surface area contributed by atoms with Crippen molar-refractivity contribution in [1.82, 2.24) is 4.37 Å². The Morgan fingerprint density at radius 1 is 1.91 bits per heavy atom. The van der Waals surface area contributed by atoms with E-state index in [9.17, 15) is 4.79 Å². The highest BCUT2D eigenvalue weighted by atomic mass is 32.2. The number of carbonyl (C=O) groups excluding carboxylic acids is 1. The molecule has 60 valence electrons. The molecule has 0 spiro atoms. The fourth-order valence-electron chi connectivity index (χ4n) is 0.575. The molecule has 1 aromatic rings. The van der Waals surface area contributed by atoms with Gasteiger partial charge in [0.05, 0.1) is 5.25 Å². The van der Waals surface area contributed by atoms with Crippen LogP contribution in [-0.2, 0) is 4.79 Å². The summed E-state index contributed by atoms with van der Waals surface area (Å²) in [7, 11) is 0. The molecule has 0 amide bonds. The van der Waals surface area contributed by atoms with E-state index < -0.39 is 0 Å². The molecule has 1 unspecified atom stereocenters. The molecule has 0 aromatic carbocycles. The van der Waals surface area contributed by atoms with Crippen LogP contribution in [0.15, 0.2) is 11.1 Å². The Morgan fingerprint density at radius 3 is 3.09 bits per heavy atom. The van der Waals surface area contributed by atoms with Gasteiger partial charge in [0.15, 0.2) is 0 Å². The number of rotatable bonds is 3. The van der Waals surface area contributed by atoms with Gasteiger partial charge in [-0.2, -0.15) is 17.0 Å². The maximum atomic E-state index is 10.3. The molecule has 0 radical (unpaired) electrons. The third kappa shape index (κ3) is 2.21. The Balaban J connectivity index is 2.79. The number of hydrogen-bond donors (Lipinski definition) is 1. The minimum atomic E-state index is -0.312. The van der Waals surface area contributed by atoms with Gasteiger partial charge in [0.2, 0.25) is 0 Å². The molecule has 1 heterocycles. The van der Waals surface area contributed by atoms with E-state index in [2.05, 4.69) is 17.0 Å². The summed E-state index contributed by atoms with van der Waals surface area (Å²) in [6, 6.07) is 1.89. The molecule has 11 heavy (non-hydrogen) atoms. The summed E-state index contributed by atoms with van der Waals surface area (Å²) in [4.78, 5) is 11.2. The molecule has 1 aromatic heterocycles. The Hall–Kier alpha value is -0.0000000000000000833. The lowest BCUT2D eigenvalue weighted by atomic mass is 10.4. The van der Waals surface area contributed by atoms with Crippen molar-refractivity contribution in [3.05, 3.63) is 10.9 Å². The summed E-state index contributed by atoms with van der Waals surface area (Å²) in [5.41, 5.74) is 0. The van der Waals surface area contributed by atoms with Gasteiger partial charge in [-0.05, 0) is 23.9 Å². The number of aldehydes is 1. The number of hydrogen-bond acceptors (Lipinski definition) is 5. The van der Waals surface area contributed by atoms with Gasteiger partial charge in [-0.15, -0.1) is 11.8 Å². The van der Waals surface area contributed by atoms with E-state index in [0.29, 0.717) is 0 Å². The fourth-order valence-corrected chi connectivity index (χ4v) is 2.10. The van der Waals surface area contributed by atoms with Gasteiger partial charge >= 0.3 is 0 Å². The molecule has 0 saturated carbocycles. The molecule has 5 heteroatoms. The van der Waals surface area contributed by atoms with Gasteiger partial charge in [0.25, 0.3) is 0 Å². The smallest absolute Gasteiger partial charge is 0.138 e. The third-order valence-electron chi connectivity index (χ3n) is 1.14. The van der Waals surface area contributed by atoms with Crippen LogP contribution in [0.25, 0.3) is 0 Å². The van der Waals surface area contributed by atoms with Crippen LogP contribution in [0.1, 0.15) is 10.1 Å². The van der Waals surface area contributed by atoms with E-state index in [0.717, 1.165) is 16.2 Å². The third-order valence-corrected chi connectivity index (χ3v) is 3.32. The maximum absolute atomic E-state index is 10.3. The van der Waals surface area contributed by atoms with Crippen molar-refractivity contribution in [3.63, 3.8) is 0 Å². The Kier molecular flexibility index (Phi) is 3.42. The van der Waals surface area contributed by atoms with Crippen LogP contribution in [0.3, 0.4) is 0 Å². The quantitative estimate of drug-likeness (QED) is 0.465. The predicted molar refractivity (Wildman–Crippen MR) is 51.7 cm³/mol. The van der Waals surface area contributed by atoms with Crippen LogP contribution >= 0.6 is 35.9 Å². The summed E-state index contributed by atoms with van der Waals surface area (Å²) < 4.78 is 4.10. The van der Waals surface area contributed by atoms with Crippen LogP contribution in [0.4, 0.5) is 0 Å². The topological polar surface area (TPSA) is 30.0 Å². The lowest BCUT2D eigenvalue weighted by Crippen LogP contribution is -1.85. The van der Waals surface area contributed by atoms with E-state index in [1.807, 2.05) is 12.3 Å². The summed E-state index contributed by atoms with van der Waals surface area (Å²) in [5.74, 6) is 0. The molecule has 0 saturated heterocycles. The van der Waals surface area contributed by atoms with Gasteiger partial charge in [-0.25, -0.2) is 0 Å². The van der Waals surface area contributed by atoms with Crippen molar-refractivity contribution in [2.24, 2.45) is 0 Å². The van der Waals surface area contributed by atoms with E-state index in [-0.39, 0.29) is 5.25 Å². The highest BCUT2D eigenvalue weighted by molar-refractivity contribution is 7.98. The fraction of sp³-hybridized carbons (Fsp3) is 0.333. The Morgan fingerprint density at radius 2 is 2.64 bits per heavy atom. The van der Waals surface area contributed by atoms with E-state index in [4.69, 9.17) is 0 Å². The molecule has 2 nitrogen and oxygen atoms in total. The van der Waals surface area contributed by atoms with Crippen LogP contribution in [0.5, 0.6) is 0 Å². The zero-order chi connectivity index (χ0) is 8.27. The molecule has 0 N–H and O–H groups in total. The summed E-state index contributed by atoms with van der Waals surface area (Å²) >= 11 is 6.96. The van der Waals surface area contributed by atoms with Crippen molar-refractivity contribution in [2.45, 2.75) is 10.3 Å². The Labute approximate surface area is 79.0 Å². The van der Waals surface area contributed by atoms with Crippen LogP contribution < -0.4 is 0 Å². The highest BCUT2D eigenvalue weighted by Gasteiger charge is 2.08. The highest BCUT2D eigenvalue weighted by Crippen LogP contribution is 2.26. The molecule has 1 rings (SSSR count). The standard InChI is InChI=1S/C6H7NOS3/c1-10-6-2-5(11-7-6)4(9)3-8/h2-4,9H,1H3. The number of thiol groups is 1. The number of carbonyl (C=O) groups is 1. The van der Waals surface area contributed by atoms with Gasteiger partial charge < -0.3 is 4.79 Å². The predicted octanol–water partition coefficient (Wildman–Crippen LogP) is 2.03. The van der Waals surface area contributed by atoms with Crippen molar-refractivity contribution in [2.75, 3.05) is 6.26 Å². The summed E-state index contributed by atoms with van der Waals surface area (Å²) in [6.45, 7) is 0. The van der Waals surface area contributed by atoms with E-state index >= 15 is 0 Å². The first-order valence-electron chi connectivity index (χ1n) is 2.92. The lowest BCUT2D eigenvalue weighted by molar-refractivity contribution is -0.107. The number of thioether (sulfide) groups is 1. The minimum absolute atomic E-state index is 0.312. The average molecular weight is 205 g/mol. The number of nitrogens with zero attached hydrogens (tertiary/aromatic N) is 1. The SMILES string of the molecule is CSc1cc(C(S)C=O)sn1. The second-order valence-electron chi connectivity index (χ2n) is 1.85. The van der Waals surface area contributed by atoms with Gasteiger partial charge in [0.1, 0.15) is 11.3 Å². The first kappa shape index (κ1) is 9.09. The van der Waals surface area contributed by atoms with Gasteiger partial charge in [0, 0.05) is 4.88 Å². The largest absolute Gasteiger partial charge is 0.302 e. The molecule has 0 aliphatic rings. The molecule has 0 aliphatic carbocycles. The molecule has 0 bridgehead atoms. The molecule has 0 fully saturated rings. The molecular formula is C6H7NOS3. The van der Waals surface area contributed by atoms with Crippen molar-refractivity contribution in [1.29, 1.82) is 0 Å². The van der Waals surface area contributed by atoms with Crippen molar-refractivity contribution >= 4 is 42.2 Å².